The van der Waals surface area contributed by atoms with Crippen LogP contribution in [-0.2, 0) is 0 Å². The number of nitrogens with one attached hydrogen (secondary N) is 3. The van der Waals surface area contributed by atoms with E-state index >= 15 is 0 Å². The number of H-pyrrole nitrogens is 1. The third kappa shape index (κ3) is 5.43. The van der Waals surface area contributed by atoms with Gasteiger partial charge in [0.2, 0.25) is 0 Å². The summed E-state index contributed by atoms with van der Waals surface area (Å²) in [5, 5.41) is 8.01. The standard InChI is InChI=1S/C23H27BrClN5O2/c1-29-10-12-30(13-11-29)9-8-26-22(31)20-18-7-2-15(24)14-19(18)28-21(20)23(32)27-17-5-3-16(25)4-6-17/h3-7,14-15,28H,2,8-13H2,1H3,(H,26,31)(H,27,32). The fraction of sp³-hybridized carbons (Fsp3) is 0.391. The van der Waals surface area contributed by atoms with E-state index in [9.17, 15) is 9.59 Å². The van der Waals surface area contributed by atoms with Gasteiger partial charge in [-0.2, -0.15) is 0 Å². The minimum absolute atomic E-state index is 0.161. The van der Waals surface area contributed by atoms with Gasteiger partial charge in [0.25, 0.3) is 11.8 Å². The number of halogens is 2. The number of hydrogen-bond acceptors (Lipinski definition) is 4. The van der Waals surface area contributed by atoms with Gasteiger partial charge in [-0.1, -0.05) is 33.6 Å². The molecule has 1 aliphatic heterocycles. The number of benzene rings is 1. The van der Waals surface area contributed by atoms with E-state index in [1.165, 1.54) is 0 Å². The molecule has 2 heterocycles. The minimum atomic E-state index is -0.362. The highest BCUT2D eigenvalue weighted by atomic mass is 79.9. The van der Waals surface area contributed by atoms with E-state index in [0.717, 1.165) is 49.7 Å². The van der Waals surface area contributed by atoms with E-state index in [1.807, 2.05) is 12.2 Å². The number of nitrogens with zero attached hydrogens (tertiary/aromatic N) is 2. The summed E-state index contributed by atoms with van der Waals surface area (Å²) >= 11 is 9.52. The molecule has 0 radical (unpaired) electrons. The first kappa shape index (κ1) is 23.0. The molecular weight excluding hydrogens is 494 g/mol. The minimum Gasteiger partial charge on any atom is -0.351 e. The van der Waals surface area contributed by atoms with Gasteiger partial charge in [-0.15, -0.1) is 0 Å². The van der Waals surface area contributed by atoms with E-state index in [0.29, 0.717) is 22.8 Å². The summed E-state index contributed by atoms with van der Waals surface area (Å²) < 4.78 is 0. The topological polar surface area (TPSA) is 80.5 Å². The molecule has 1 aliphatic carbocycles. The predicted molar refractivity (Wildman–Crippen MR) is 132 cm³/mol. The van der Waals surface area contributed by atoms with Gasteiger partial charge in [-0.3, -0.25) is 14.5 Å². The first-order valence-electron chi connectivity index (χ1n) is 10.7. The molecule has 7 nitrogen and oxygen atoms in total. The van der Waals surface area contributed by atoms with Gasteiger partial charge in [0.15, 0.2) is 0 Å². The Labute approximate surface area is 200 Å². The Bertz CT molecular complexity index is 1110. The summed E-state index contributed by atoms with van der Waals surface area (Å²) in [4.78, 5) is 34.2. The van der Waals surface area contributed by atoms with Crippen LogP contribution in [0.3, 0.4) is 0 Å². The molecule has 2 aliphatic rings. The van der Waals surface area contributed by atoms with Crippen molar-refractivity contribution < 1.29 is 9.59 Å². The molecule has 32 heavy (non-hydrogen) atoms. The van der Waals surface area contributed by atoms with Crippen LogP contribution < -0.4 is 21.2 Å². The monoisotopic (exact) mass is 519 g/mol. The van der Waals surface area contributed by atoms with Crippen molar-refractivity contribution in [2.45, 2.75) is 11.2 Å². The van der Waals surface area contributed by atoms with Crippen LogP contribution in [0.15, 0.2) is 24.3 Å². The number of fused-ring (bicyclic) bond motifs is 1. The molecule has 1 saturated heterocycles. The second-order valence-electron chi connectivity index (χ2n) is 8.19. The number of aromatic nitrogens is 1. The van der Waals surface area contributed by atoms with Crippen LogP contribution in [0.1, 0.15) is 27.3 Å². The van der Waals surface area contributed by atoms with Crippen molar-refractivity contribution in [1.82, 2.24) is 20.1 Å². The van der Waals surface area contributed by atoms with Gasteiger partial charge in [0.1, 0.15) is 5.69 Å². The number of anilines is 1. The third-order valence-corrected chi connectivity index (χ3v) is 6.72. The number of rotatable bonds is 6. The van der Waals surface area contributed by atoms with Crippen LogP contribution >= 0.6 is 27.5 Å². The fourth-order valence-corrected chi connectivity index (χ4v) is 4.55. The number of carbonyl (C=O) groups excluding carboxylic acids is 2. The van der Waals surface area contributed by atoms with Crippen molar-refractivity contribution in [1.29, 1.82) is 0 Å². The van der Waals surface area contributed by atoms with Gasteiger partial charge < -0.3 is 20.5 Å². The van der Waals surface area contributed by atoms with Gasteiger partial charge in [-0.25, -0.2) is 0 Å². The first-order valence-corrected chi connectivity index (χ1v) is 12.0. The van der Waals surface area contributed by atoms with Crippen molar-refractivity contribution in [2.75, 3.05) is 51.6 Å². The van der Waals surface area contributed by atoms with E-state index in [4.69, 9.17) is 11.6 Å². The van der Waals surface area contributed by atoms with Crippen LogP contribution in [0.4, 0.5) is 5.69 Å². The number of amides is 2. The lowest BCUT2D eigenvalue weighted by molar-refractivity contribution is 0.0928. The molecule has 1 aromatic heterocycles. The Morgan fingerprint density at radius 3 is 2.59 bits per heavy atom. The summed E-state index contributed by atoms with van der Waals surface area (Å²) in [6, 6.07) is 6.87. The number of alkyl halides is 1. The number of aromatic amines is 1. The molecular formula is C23H27BrClN5O2. The Hall–Kier alpha value is -2.13. The van der Waals surface area contributed by atoms with Gasteiger partial charge >= 0.3 is 0 Å². The Morgan fingerprint density at radius 2 is 1.88 bits per heavy atom. The van der Waals surface area contributed by atoms with Gasteiger partial charge in [0.05, 0.1) is 5.56 Å². The zero-order chi connectivity index (χ0) is 22.7. The number of carbonyl (C=O) groups is 2. The second-order valence-corrected chi connectivity index (χ2v) is 9.80. The number of likely N-dealkylation sites (N-methyl/N-ethyl adjacent to an activating group) is 1. The van der Waals surface area contributed by atoms with Crippen molar-refractivity contribution in [2.24, 2.45) is 0 Å². The highest BCUT2D eigenvalue weighted by Gasteiger charge is 2.24. The lowest BCUT2D eigenvalue weighted by Gasteiger charge is -2.32. The van der Waals surface area contributed by atoms with E-state index < -0.39 is 0 Å². The summed E-state index contributed by atoms with van der Waals surface area (Å²) in [5.74, 6) is -0.602. The largest absolute Gasteiger partial charge is 0.351 e. The molecule has 2 aromatic rings. The van der Waals surface area contributed by atoms with Crippen LogP contribution in [0, 0.1) is 0 Å². The molecule has 1 unspecified atom stereocenters. The molecule has 0 bridgehead atoms. The average Bonchev–Trinajstić information content (AvgIpc) is 3.15. The molecule has 170 valence electrons. The molecule has 4 rings (SSSR count). The van der Waals surface area contributed by atoms with Crippen LogP contribution in [0.25, 0.3) is 12.2 Å². The molecule has 1 fully saturated rings. The maximum absolute atomic E-state index is 13.2. The normalized spacial score (nSPS) is 18.9. The summed E-state index contributed by atoms with van der Waals surface area (Å²) in [6.45, 7) is 5.38. The zero-order valence-electron chi connectivity index (χ0n) is 18.0. The van der Waals surface area contributed by atoms with Crippen molar-refractivity contribution in [3.8, 4) is 0 Å². The van der Waals surface area contributed by atoms with Crippen molar-refractivity contribution >= 4 is 57.2 Å². The Balaban J connectivity index is 1.52. The predicted octanol–water partition coefficient (Wildman–Crippen LogP) is 1.63. The lowest BCUT2D eigenvalue weighted by Crippen LogP contribution is -2.47. The maximum Gasteiger partial charge on any atom is 0.272 e. The third-order valence-electron chi connectivity index (χ3n) is 5.83. The maximum atomic E-state index is 13.2. The quantitative estimate of drug-likeness (QED) is 0.506. The summed E-state index contributed by atoms with van der Waals surface area (Å²) in [5.41, 5.74) is 1.26. The average molecular weight is 521 g/mol. The van der Waals surface area contributed by atoms with Gasteiger partial charge in [0, 0.05) is 65.4 Å². The van der Waals surface area contributed by atoms with E-state index in [2.05, 4.69) is 48.4 Å². The highest BCUT2D eigenvalue weighted by Crippen LogP contribution is 2.15. The van der Waals surface area contributed by atoms with Crippen LogP contribution in [0.2, 0.25) is 5.02 Å². The smallest absolute Gasteiger partial charge is 0.272 e. The summed E-state index contributed by atoms with van der Waals surface area (Å²) in [7, 11) is 2.12. The lowest BCUT2D eigenvalue weighted by atomic mass is 10.1. The van der Waals surface area contributed by atoms with Crippen LogP contribution in [-0.4, -0.2) is 77.7 Å². The number of hydrogen-bond donors (Lipinski definition) is 3. The second kappa shape index (κ2) is 10.2. The number of piperazine rings is 1. The molecule has 1 atom stereocenters. The molecule has 2 amide bonds. The van der Waals surface area contributed by atoms with Crippen LogP contribution in [0.5, 0.6) is 0 Å². The van der Waals surface area contributed by atoms with Crippen molar-refractivity contribution in [3.05, 3.63) is 51.1 Å². The molecule has 1 aromatic carbocycles. The molecule has 0 saturated carbocycles. The molecule has 3 N–H and O–H groups in total. The SMILES string of the molecule is CN1CCN(CCNC(=O)c2c(C(=O)Nc3ccc(Cl)cc3)[nH]c3c2=CCC(Br)C=3)CC1. The zero-order valence-corrected chi connectivity index (χ0v) is 20.3. The first-order chi connectivity index (χ1) is 15.4. The van der Waals surface area contributed by atoms with E-state index in [-0.39, 0.29) is 22.3 Å². The molecule has 9 heteroatoms. The fourth-order valence-electron chi connectivity index (χ4n) is 3.98. The Morgan fingerprint density at radius 1 is 1.16 bits per heavy atom. The van der Waals surface area contributed by atoms with Gasteiger partial charge in [-0.05, 0) is 43.8 Å². The highest BCUT2D eigenvalue weighted by molar-refractivity contribution is 9.09. The Kier molecular flexibility index (Phi) is 7.35. The molecule has 0 spiro atoms. The van der Waals surface area contributed by atoms with Crippen molar-refractivity contribution in [3.63, 3.8) is 0 Å². The summed E-state index contributed by atoms with van der Waals surface area (Å²) in [6.07, 6.45) is 4.75. The van der Waals surface area contributed by atoms with E-state index in [1.54, 1.807) is 24.3 Å².